The number of halogens is 2. The maximum absolute atomic E-state index is 15.3. The summed E-state index contributed by atoms with van der Waals surface area (Å²) in [5.41, 5.74) is 3.39. The molecule has 2 saturated heterocycles. The summed E-state index contributed by atoms with van der Waals surface area (Å²) in [6.07, 6.45) is 1.79. The topological polar surface area (TPSA) is 40.7 Å². The van der Waals surface area contributed by atoms with Crippen molar-refractivity contribution in [3.63, 3.8) is 0 Å². The average Bonchev–Trinajstić information content (AvgIpc) is 3.20. The third-order valence-corrected chi connectivity index (χ3v) is 8.02. The lowest BCUT2D eigenvalue weighted by atomic mass is 9.87. The van der Waals surface area contributed by atoms with Gasteiger partial charge in [-0.3, -0.25) is 9.29 Å². The van der Waals surface area contributed by atoms with Crippen molar-refractivity contribution < 1.29 is 18.3 Å². The highest BCUT2D eigenvalue weighted by Crippen LogP contribution is 2.43. The van der Waals surface area contributed by atoms with Gasteiger partial charge in [0, 0.05) is 54.7 Å². The Kier molecular flexibility index (Phi) is 6.48. The minimum Gasteiger partial charge on any atom is -0.494 e. The monoisotopic (exact) mass is 495 g/mol. The van der Waals surface area contributed by atoms with Crippen LogP contribution in [0.25, 0.3) is 10.9 Å². The summed E-state index contributed by atoms with van der Waals surface area (Å²) >= 11 is 0. The van der Waals surface area contributed by atoms with Crippen LogP contribution in [0.4, 0.5) is 8.78 Å². The summed E-state index contributed by atoms with van der Waals surface area (Å²) in [5.74, 6) is 1.04. The molecule has 1 N–H and O–H groups in total. The standard InChI is InChI=1S/C29H35F2N3O2/c1-20-12-25-24-8-2-3-9-26(24)32-27(25)28(34(20)17-29(31)18-35-19-29)22-6-4-7-23(13-22)36-11-5-10-33-15-21(14-30)16-33/h2-4,6-9,13,20-21,28,32H,5,10-12,14-19H2,1H3/t20-,28-/m1/s1. The maximum atomic E-state index is 15.3. The zero-order chi connectivity index (χ0) is 24.7. The summed E-state index contributed by atoms with van der Waals surface area (Å²) in [7, 11) is 0. The van der Waals surface area contributed by atoms with Crippen LogP contribution in [-0.2, 0) is 11.2 Å². The molecule has 2 atom stereocenters. The number of aromatic amines is 1. The van der Waals surface area contributed by atoms with Gasteiger partial charge in [0.1, 0.15) is 5.75 Å². The number of likely N-dealkylation sites (tertiary alicyclic amines) is 1. The SMILES string of the molecule is C[C@@H]1Cc2c([nH]c3ccccc23)[C@@H](c2cccc(OCCCN3CC(CF)C3)c2)N1CC1(F)COC1. The smallest absolute Gasteiger partial charge is 0.169 e. The van der Waals surface area contributed by atoms with Crippen molar-refractivity contribution in [2.24, 2.45) is 5.92 Å². The minimum atomic E-state index is -1.30. The molecule has 192 valence electrons. The van der Waals surface area contributed by atoms with Gasteiger partial charge in [-0.25, -0.2) is 4.39 Å². The van der Waals surface area contributed by atoms with E-state index >= 15 is 4.39 Å². The van der Waals surface area contributed by atoms with Crippen LogP contribution in [0, 0.1) is 5.92 Å². The zero-order valence-electron chi connectivity index (χ0n) is 20.9. The van der Waals surface area contributed by atoms with Crippen LogP contribution in [0.1, 0.15) is 36.2 Å². The molecule has 3 aliphatic heterocycles. The lowest BCUT2D eigenvalue weighted by Gasteiger charge is -2.46. The van der Waals surface area contributed by atoms with Gasteiger partial charge in [0.25, 0.3) is 0 Å². The first-order chi connectivity index (χ1) is 17.5. The fourth-order valence-corrected chi connectivity index (χ4v) is 6.06. The predicted molar refractivity (Wildman–Crippen MR) is 137 cm³/mol. The predicted octanol–water partition coefficient (Wildman–Crippen LogP) is 4.91. The van der Waals surface area contributed by atoms with Gasteiger partial charge < -0.3 is 19.4 Å². The molecule has 0 bridgehead atoms. The summed E-state index contributed by atoms with van der Waals surface area (Å²) < 4.78 is 39.4. The first-order valence-corrected chi connectivity index (χ1v) is 13.2. The molecule has 0 unspecified atom stereocenters. The number of ether oxygens (including phenoxy) is 2. The Hall–Kier alpha value is -2.48. The quantitative estimate of drug-likeness (QED) is 0.428. The van der Waals surface area contributed by atoms with E-state index in [4.69, 9.17) is 9.47 Å². The van der Waals surface area contributed by atoms with Crippen molar-refractivity contribution in [3.05, 3.63) is 65.4 Å². The second kappa shape index (κ2) is 9.77. The maximum Gasteiger partial charge on any atom is 0.169 e. The van der Waals surface area contributed by atoms with Crippen molar-refractivity contribution in [3.8, 4) is 5.75 Å². The highest BCUT2D eigenvalue weighted by atomic mass is 19.1. The Morgan fingerprint density at radius 1 is 1.14 bits per heavy atom. The number of hydrogen-bond donors (Lipinski definition) is 1. The van der Waals surface area contributed by atoms with Gasteiger partial charge in [-0.1, -0.05) is 30.3 Å². The van der Waals surface area contributed by atoms with Crippen LogP contribution in [0.5, 0.6) is 5.75 Å². The Bertz CT molecular complexity index is 1200. The third kappa shape index (κ3) is 4.53. The van der Waals surface area contributed by atoms with Crippen LogP contribution < -0.4 is 4.74 Å². The fraction of sp³-hybridized carbons (Fsp3) is 0.517. The number of rotatable bonds is 9. The van der Waals surface area contributed by atoms with E-state index in [9.17, 15) is 4.39 Å². The minimum absolute atomic E-state index is 0.0911. The number of H-pyrrole nitrogens is 1. The average molecular weight is 496 g/mol. The van der Waals surface area contributed by atoms with Crippen molar-refractivity contribution in [1.82, 2.24) is 14.8 Å². The van der Waals surface area contributed by atoms with E-state index in [1.165, 1.54) is 10.9 Å². The fourth-order valence-electron chi connectivity index (χ4n) is 6.06. The lowest BCUT2D eigenvalue weighted by molar-refractivity contribution is -0.147. The van der Waals surface area contributed by atoms with Gasteiger partial charge in [-0.05, 0) is 49.1 Å². The van der Waals surface area contributed by atoms with E-state index in [2.05, 4.69) is 58.1 Å². The zero-order valence-corrected chi connectivity index (χ0v) is 20.9. The normalized spacial score (nSPS) is 24.3. The van der Waals surface area contributed by atoms with E-state index in [0.717, 1.165) is 55.0 Å². The van der Waals surface area contributed by atoms with Crippen molar-refractivity contribution in [2.45, 2.75) is 37.5 Å². The lowest BCUT2D eigenvalue weighted by Crippen LogP contribution is -2.57. The number of alkyl halides is 2. The number of aromatic nitrogens is 1. The molecule has 7 heteroatoms. The Labute approximate surface area is 211 Å². The molecule has 0 radical (unpaired) electrons. The molecule has 0 aliphatic carbocycles. The number of para-hydroxylation sites is 1. The molecule has 2 fully saturated rings. The molecule has 6 rings (SSSR count). The number of nitrogens with zero attached hydrogens (tertiary/aromatic N) is 2. The largest absolute Gasteiger partial charge is 0.494 e. The van der Waals surface area contributed by atoms with E-state index in [-0.39, 0.29) is 37.9 Å². The van der Waals surface area contributed by atoms with Gasteiger partial charge >= 0.3 is 0 Å². The van der Waals surface area contributed by atoms with Gasteiger partial charge in [0.15, 0.2) is 5.67 Å². The Morgan fingerprint density at radius 3 is 2.75 bits per heavy atom. The molecule has 1 aromatic heterocycles. The molecule has 36 heavy (non-hydrogen) atoms. The molecule has 0 amide bonds. The van der Waals surface area contributed by atoms with Crippen LogP contribution in [0.2, 0.25) is 0 Å². The molecule has 2 aromatic carbocycles. The number of fused-ring (bicyclic) bond motifs is 3. The molecule has 0 saturated carbocycles. The van der Waals surface area contributed by atoms with Gasteiger partial charge in [0.2, 0.25) is 0 Å². The second-order valence-corrected chi connectivity index (χ2v) is 10.9. The Balaban J connectivity index is 1.24. The molecule has 3 aromatic rings. The van der Waals surface area contributed by atoms with E-state index in [1.54, 1.807) is 0 Å². The molecule has 4 heterocycles. The van der Waals surface area contributed by atoms with Crippen molar-refractivity contribution in [2.75, 3.05) is 52.7 Å². The van der Waals surface area contributed by atoms with Crippen molar-refractivity contribution in [1.29, 1.82) is 0 Å². The Morgan fingerprint density at radius 2 is 1.97 bits per heavy atom. The summed E-state index contributed by atoms with van der Waals surface area (Å²) in [5, 5.41) is 1.25. The van der Waals surface area contributed by atoms with Crippen LogP contribution in [0.3, 0.4) is 0 Å². The third-order valence-electron chi connectivity index (χ3n) is 8.02. The molecular weight excluding hydrogens is 460 g/mol. The highest BCUT2D eigenvalue weighted by Gasteiger charge is 2.45. The first kappa shape index (κ1) is 23.9. The highest BCUT2D eigenvalue weighted by molar-refractivity contribution is 5.85. The van der Waals surface area contributed by atoms with Crippen molar-refractivity contribution >= 4 is 10.9 Å². The van der Waals surface area contributed by atoms with E-state index in [0.29, 0.717) is 13.2 Å². The summed E-state index contributed by atoms with van der Waals surface area (Å²) in [4.78, 5) is 8.25. The second-order valence-electron chi connectivity index (χ2n) is 10.9. The van der Waals surface area contributed by atoms with Gasteiger partial charge in [-0.15, -0.1) is 0 Å². The van der Waals surface area contributed by atoms with Crippen LogP contribution >= 0.6 is 0 Å². The summed E-state index contributed by atoms with van der Waals surface area (Å²) in [6.45, 7) is 5.91. The number of nitrogens with one attached hydrogen (secondary N) is 1. The molecule has 5 nitrogen and oxygen atoms in total. The van der Waals surface area contributed by atoms with Gasteiger partial charge in [0.05, 0.1) is 32.5 Å². The molecule has 0 spiro atoms. The van der Waals surface area contributed by atoms with Gasteiger partial charge in [-0.2, -0.15) is 0 Å². The van der Waals surface area contributed by atoms with E-state index in [1.807, 2.05) is 12.1 Å². The van der Waals surface area contributed by atoms with Crippen LogP contribution in [-0.4, -0.2) is 79.2 Å². The molecular formula is C29H35F2N3O2. The first-order valence-electron chi connectivity index (χ1n) is 13.2. The van der Waals surface area contributed by atoms with E-state index < -0.39 is 5.67 Å². The summed E-state index contributed by atoms with van der Waals surface area (Å²) in [6, 6.07) is 16.8. The number of benzene rings is 2. The van der Waals surface area contributed by atoms with Crippen LogP contribution in [0.15, 0.2) is 48.5 Å². The molecule has 3 aliphatic rings. The number of hydrogen-bond acceptors (Lipinski definition) is 4.